The van der Waals surface area contributed by atoms with Crippen LogP contribution in [-0.4, -0.2) is 49.6 Å². The maximum Gasteiger partial charge on any atom is 0.256 e. The second-order valence-electron chi connectivity index (χ2n) is 8.67. The number of likely N-dealkylation sites (tertiary alicyclic amines) is 1. The van der Waals surface area contributed by atoms with Crippen LogP contribution in [0.4, 0.5) is 10.2 Å². The molecule has 2 amide bonds. The van der Waals surface area contributed by atoms with Crippen molar-refractivity contribution in [1.29, 1.82) is 5.26 Å². The quantitative estimate of drug-likeness (QED) is 0.417. The number of nitriles is 1. The fraction of sp³-hybridized carbons (Fsp3) is 0.185. The molecular formula is C27H22FN7O2. The Morgan fingerprint density at radius 2 is 1.97 bits per heavy atom. The highest BCUT2D eigenvalue weighted by molar-refractivity contribution is 6.04. The molecule has 4 heterocycles. The van der Waals surface area contributed by atoms with E-state index in [2.05, 4.69) is 27.9 Å². The van der Waals surface area contributed by atoms with Crippen molar-refractivity contribution in [3.05, 3.63) is 84.6 Å². The molecule has 1 aliphatic heterocycles. The average Bonchev–Trinajstić information content (AvgIpc) is 3.34. The molecule has 0 bridgehead atoms. The first kappa shape index (κ1) is 23.8. The van der Waals surface area contributed by atoms with Gasteiger partial charge in [-0.15, -0.1) is 0 Å². The van der Waals surface area contributed by atoms with Crippen LogP contribution in [0.25, 0.3) is 22.2 Å². The number of nitrogens with zero attached hydrogens (tertiary/aromatic N) is 6. The summed E-state index contributed by atoms with van der Waals surface area (Å²) >= 11 is 0. The number of aromatic nitrogens is 4. The number of halogens is 1. The number of carbonyl (C=O) groups excluding carboxylic acids is 2. The van der Waals surface area contributed by atoms with Gasteiger partial charge in [-0.2, -0.15) is 10.4 Å². The Kier molecular flexibility index (Phi) is 6.43. The molecule has 1 aromatic carbocycles. The van der Waals surface area contributed by atoms with E-state index in [1.54, 1.807) is 35.4 Å². The molecule has 0 saturated carbocycles. The lowest BCUT2D eigenvalue weighted by molar-refractivity contribution is -0.127. The van der Waals surface area contributed by atoms with Crippen molar-refractivity contribution < 1.29 is 14.0 Å². The van der Waals surface area contributed by atoms with E-state index in [9.17, 15) is 19.2 Å². The molecule has 5 rings (SSSR count). The number of amides is 2. The molecule has 1 saturated heterocycles. The van der Waals surface area contributed by atoms with E-state index >= 15 is 0 Å². The van der Waals surface area contributed by atoms with Crippen LogP contribution in [0.5, 0.6) is 0 Å². The Bertz CT molecular complexity index is 1540. The third-order valence-corrected chi connectivity index (χ3v) is 6.35. The third-order valence-electron chi connectivity index (χ3n) is 6.35. The molecule has 0 aliphatic carbocycles. The van der Waals surface area contributed by atoms with E-state index in [1.807, 2.05) is 4.68 Å². The summed E-state index contributed by atoms with van der Waals surface area (Å²) in [6.45, 7) is 4.70. The summed E-state index contributed by atoms with van der Waals surface area (Å²) in [5.41, 5.74) is 2.81. The van der Waals surface area contributed by atoms with Crippen molar-refractivity contribution in [3.63, 3.8) is 0 Å². The molecule has 1 N–H and O–H groups in total. The van der Waals surface area contributed by atoms with Gasteiger partial charge in [0.25, 0.3) is 5.91 Å². The molecular weight excluding hydrogens is 473 g/mol. The van der Waals surface area contributed by atoms with Crippen LogP contribution in [-0.2, 0) is 4.79 Å². The minimum Gasteiger partial charge on any atom is -0.337 e. The summed E-state index contributed by atoms with van der Waals surface area (Å²) in [5.74, 6) is -0.764. The fourth-order valence-electron chi connectivity index (χ4n) is 4.55. The van der Waals surface area contributed by atoms with Gasteiger partial charge < -0.3 is 10.2 Å². The van der Waals surface area contributed by atoms with E-state index in [4.69, 9.17) is 5.10 Å². The van der Waals surface area contributed by atoms with Gasteiger partial charge in [0.15, 0.2) is 0 Å². The zero-order chi connectivity index (χ0) is 25.9. The van der Waals surface area contributed by atoms with Gasteiger partial charge in [0.1, 0.15) is 23.4 Å². The first-order valence-corrected chi connectivity index (χ1v) is 11.7. The van der Waals surface area contributed by atoms with Crippen LogP contribution in [0, 0.1) is 17.1 Å². The van der Waals surface area contributed by atoms with Crippen LogP contribution in [0.3, 0.4) is 0 Å². The van der Waals surface area contributed by atoms with E-state index < -0.39 is 5.82 Å². The van der Waals surface area contributed by atoms with E-state index in [0.29, 0.717) is 40.8 Å². The van der Waals surface area contributed by atoms with Crippen LogP contribution in [0.2, 0.25) is 0 Å². The maximum atomic E-state index is 13.1. The van der Waals surface area contributed by atoms with Gasteiger partial charge in [0.05, 0.1) is 23.3 Å². The highest BCUT2D eigenvalue weighted by Crippen LogP contribution is 2.33. The van der Waals surface area contributed by atoms with Gasteiger partial charge in [-0.3, -0.25) is 19.3 Å². The Morgan fingerprint density at radius 1 is 1.16 bits per heavy atom. The number of hydrogen-bond donors (Lipinski definition) is 1. The Morgan fingerprint density at radius 3 is 2.68 bits per heavy atom. The second kappa shape index (κ2) is 9.99. The lowest BCUT2D eigenvalue weighted by Gasteiger charge is -2.32. The number of carbonyl (C=O) groups is 2. The molecule has 1 fully saturated rings. The number of piperidine rings is 1. The molecule has 0 radical (unpaired) electrons. The molecule has 9 nitrogen and oxygen atoms in total. The predicted molar refractivity (Wildman–Crippen MR) is 135 cm³/mol. The monoisotopic (exact) mass is 495 g/mol. The minimum absolute atomic E-state index is 0.114. The first-order chi connectivity index (χ1) is 18.0. The molecule has 3 aromatic heterocycles. The standard InChI is InChI=1S/C27H22FN7O2/c1-2-24(36)34-11-3-4-21(16-34)35-26-19(12-29)13-30-15-22(26)25(33-35)17-5-7-18(8-6-17)27(37)32-23-10-9-20(28)14-31-23/h2,5-10,13-15,21H,1,3-4,11,16H2,(H,31,32,37). The molecule has 37 heavy (non-hydrogen) atoms. The predicted octanol–water partition coefficient (Wildman–Crippen LogP) is 4.11. The number of benzene rings is 1. The summed E-state index contributed by atoms with van der Waals surface area (Å²) in [7, 11) is 0. The number of hydrogen-bond acceptors (Lipinski definition) is 6. The average molecular weight is 496 g/mol. The number of fused-ring (bicyclic) bond motifs is 1. The lowest BCUT2D eigenvalue weighted by Crippen LogP contribution is -2.40. The number of nitrogens with one attached hydrogen (secondary N) is 1. The second-order valence-corrected chi connectivity index (χ2v) is 8.67. The smallest absolute Gasteiger partial charge is 0.256 e. The van der Waals surface area contributed by atoms with Crippen LogP contribution in [0.1, 0.15) is 34.8 Å². The number of anilines is 1. The Hall–Kier alpha value is -4.91. The Labute approximate surface area is 211 Å². The van der Waals surface area contributed by atoms with E-state index in [1.165, 1.54) is 24.4 Å². The topological polar surface area (TPSA) is 117 Å². The van der Waals surface area contributed by atoms with Gasteiger partial charge in [-0.25, -0.2) is 9.37 Å². The van der Waals surface area contributed by atoms with Gasteiger partial charge in [-0.1, -0.05) is 18.7 Å². The largest absolute Gasteiger partial charge is 0.337 e. The highest BCUT2D eigenvalue weighted by Gasteiger charge is 2.27. The zero-order valence-corrected chi connectivity index (χ0v) is 19.8. The molecule has 10 heteroatoms. The van der Waals surface area contributed by atoms with Crippen molar-refractivity contribution in [1.82, 2.24) is 24.6 Å². The fourth-order valence-corrected chi connectivity index (χ4v) is 4.55. The summed E-state index contributed by atoms with van der Waals surface area (Å²) in [5, 5.41) is 18.0. The normalized spacial score (nSPS) is 15.2. The first-order valence-electron chi connectivity index (χ1n) is 11.7. The van der Waals surface area contributed by atoms with Crippen molar-refractivity contribution >= 4 is 28.5 Å². The van der Waals surface area contributed by atoms with Crippen LogP contribution in [0.15, 0.2) is 67.6 Å². The number of rotatable bonds is 5. The molecule has 0 spiro atoms. The minimum atomic E-state index is -0.490. The van der Waals surface area contributed by atoms with Crippen LogP contribution >= 0.6 is 0 Å². The molecule has 1 aliphatic rings. The molecule has 1 atom stereocenters. The third kappa shape index (κ3) is 4.67. The zero-order valence-electron chi connectivity index (χ0n) is 19.8. The highest BCUT2D eigenvalue weighted by atomic mass is 19.1. The van der Waals surface area contributed by atoms with Gasteiger partial charge in [0, 0.05) is 42.0 Å². The van der Waals surface area contributed by atoms with E-state index in [0.717, 1.165) is 24.6 Å². The molecule has 1 unspecified atom stereocenters. The van der Waals surface area contributed by atoms with Crippen molar-refractivity contribution in [2.24, 2.45) is 0 Å². The van der Waals surface area contributed by atoms with Crippen LogP contribution < -0.4 is 5.32 Å². The summed E-state index contributed by atoms with van der Waals surface area (Å²) in [6.07, 6.45) is 7.13. The Balaban J connectivity index is 1.48. The van der Waals surface area contributed by atoms with Gasteiger partial charge in [0.2, 0.25) is 5.91 Å². The maximum absolute atomic E-state index is 13.1. The summed E-state index contributed by atoms with van der Waals surface area (Å²) in [6, 6.07) is 11.6. The summed E-state index contributed by atoms with van der Waals surface area (Å²) in [4.78, 5) is 34.7. The van der Waals surface area contributed by atoms with Gasteiger partial charge in [-0.05, 0) is 43.2 Å². The van der Waals surface area contributed by atoms with Gasteiger partial charge >= 0.3 is 0 Å². The van der Waals surface area contributed by atoms with E-state index in [-0.39, 0.29) is 23.7 Å². The molecule has 4 aromatic rings. The van der Waals surface area contributed by atoms with Crippen molar-refractivity contribution in [2.75, 3.05) is 18.4 Å². The lowest BCUT2D eigenvalue weighted by atomic mass is 10.0. The molecule has 184 valence electrons. The number of pyridine rings is 2. The van der Waals surface area contributed by atoms with Crippen molar-refractivity contribution in [3.8, 4) is 17.3 Å². The van der Waals surface area contributed by atoms with Crippen molar-refractivity contribution in [2.45, 2.75) is 18.9 Å². The summed E-state index contributed by atoms with van der Waals surface area (Å²) < 4.78 is 14.9. The SMILES string of the molecule is C=CC(=O)N1CCCC(n2nc(-c3ccc(C(=O)Nc4ccc(F)cn4)cc3)c3cncc(C#N)c32)C1.